The van der Waals surface area contributed by atoms with E-state index in [1.54, 1.807) is 0 Å². The summed E-state index contributed by atoms with van der Waals surface area (Å²) in [6.07, 6.45) is -1.50. The van der Waals surface area contributed by atoms with Crippen LogP contribution in [0.2, 0.25) is 0 Å². The van der Waals surface area contributed by atoms with Gasteiger partial charge >= 0.3 is 29.4 Å². The molecular formula is C10H15FN5O12P3S. The molecule has 1 fully saturated rings. The first kappa shape index (κ1) is 25.6. The molecule has 0 spiro atoms. The van der Waals surface area contributed by atoms with E-state index >= 15 is 4.39 Å². The Labute approximate surface area is 182 Å². The van der Waals surface area contributed by atoms with Gasteiger partial charge in [-0.15, -0.1) is 0 Å². The summed E-state index contributed by atoms with van der Waals surface area (Å²) in [6, 6.07) is 0. The molecule has 3 rings (SSSR count). The average Bonchev–Trinajstić information content (AvgIpc) is 3.14. The molecule has 32 heavy (non-hydrogen) atoms. The van der Waals surface area contributed by atoms with E-state index in [1.165, 1.54) is 0 Å². The Hall–Kier alpha value is -1.04. The van der Waals surface area contributed by atoms with Gasteiger partial charge in [-0.1, -0.05) is 0 Å². The van der Waals surface area contributed by atoms with Gasteiger partial charge in [0, 0.05) is 0 Å². The molecule has 1 saturated heterocycles. The van der Waals surface area contributed by atoms with Crippen molar-refractivity contribution in [1.82, 2.24) is 19.5 Å². The lowest BCUT2D eigenvalue weighted by Gasteiger charge is -2.25. The molecule has 17 nitrogen and oxygen atoms in total. The Morgan fingerprint density at radius 2 is 1.84 bits per heavy atom. The van der Waals surface area contributed by atoms with Crippen LogP contribution < -0.4 is 5.73 Å². The first-order valence-electron chi connectivity index (χ1n) is 8.00. The Balaban J connectivity index is 1.75. The highest BCUT2D eigenvalue weighted by molar-refractivity contribution is 7.81. The first-order chi connectivity index (χ1) is 14.5. The zero-order valence-electron chi connectivity index (χ0n) is 15.2. The number of anilines is 1. The highest BCUT2D eigenvalue weighted by Gasteiger charge is 2.57. The molecule has 2 aromatic rings. The maximum Gasteiger partial charge on any atom is 0.490 e. The van der Waals surface area contributed by atoms with Crippen molar-refractivity contribution in [3.05, 3.63) is 12.7 Å². The number of ether oxygens (including phenoxy) is 1. The van der Waals surface area contributed by atoms with Gasteiger partial charge < -0.3 is 35.2 Å². The smallest absolute Gasteiger partial charge is 0.389 e. The van der Waals surface area contributed by atoms with Crippen molar-refractivity contribution in [2.75, 3.05) is 12.3 Å². The lowest BCUT2D eigenvalue weighted by atomic mass is 10.1. The molecule has 3 heterocycles. The van der Waals surface area contributed by atoms with E-state index in [1.807, 2.05) is 0 Å². The number of nitrogens with zero attached hydrogens (tertiary/aromatic N) is 4. The molecule has 0 bridgehead atoms. The Morgan fingerprint density at radius 1 is 1.19 bits per heavy atom. The summed E-state index contributed by atoms with van der Waals surface area (Å²) >= 11 is 3.96. The Kier molecular flexibility index (Phi) is 6.90. The number of fused-ring (bicyclic) bond motifs is 1. The molecule has 1 aliphatic heterocycles. The maximum atomic E-state index is 15.7. The van der Waals surface area contributed by atoms with E-state index in [0.29, 0.717) is 0 Å². The number of aromatic nitrogens is 4. The zero-order valence-corrected chi connectivity index (χ0v) is 18.8. The summed E-state index contributed by atoms with van der Waals surface area (Å²) in [4.78, 5) is 47.0. The predicted octanol–water partition coefficient (Wildman–Crippen LogP) is -0.610. The van der Waals surface area contributed by atoms with Gasteiger partial charge in [-0.2, -0.15) is 25.6 Å². The predicted molar refractivity (Wildman–Crippen MR) is 102 cm³/mol. The number of rotatable bonds is 8. The van der Waals surface area contributed by atoms with Crippen molar-refractivity contribution in [1.29, 1.82) is 0 Å². The van der Waals surface area contributed by atoms with Crippen molar-refractivity contribution >= 4 is 53.1 Å². The fraction of sp³-hybridized carbons (Fsp3) is 0.500. The van der Waals surface area contributed by atoms with Crippen LogP contribution in [0.4, 0.5) is 10.2 Å². The van der Waals surface area contributed by atoms with Gasteiger partial charge in [-0.05, 0) is 0 Å². The van der Waals surface area contributed by atoms with Gasteiger partial charge in [-0.3, -0.25) is 9.09 Å². The molecule has 180 valence electrons. The van der Waals surface area contributed by atoms with Gasteiger partial charge in [0.05, 0.1) is 6.61 Å². The third kappa shape index (κ3) is 5.37. The van der Waals surface area contributed by atoms with Crippen LogP contribution in [-0.4, -0.2) is 68.3 Å². The van der Waals surface area contributed by atoms with E-state index < -0.39 is 53.5 Å². The van der Waals surface area contributed by atoms with Crippen molar-refractivity contribution in [3.8, 4) is 0 Å². The second-order valence-electron chi connectivity index (χ2n) is 6.13. The Bertz CT molecular complexity index is 1160. The quantitative estimate of drug-likeness (QED) is 0.162. The van der Waals surface area contributed by atoms with E-state index in [9.17, 15) is 23.7 Å². The summed E-state index contributed by atoms with van der Waals surface area (Å²) in [5, 5.41) is 8.62. The van der Waals surface area contributed by atoms with Crippen molar-refractivity contribution in [2.45, 2.75) is 23.4 Å². The minimum atomic E-state index is -5.75. The van der Waals surface area contributed by atoms with Crippen LogP contribution in [-0.2, 0) is 37.6 Å². The topological polar surface area (TPSA) is 259 Å². The molecule has 0 amide bonds. The zero-order chi connectivity index (χ0) is 24.1. The minimum absolute atomic E-state index is 0.0138. The van der Waals surface area contributed by atoms with E-state index in [0.717, 1.165) is 17.2 Å². The van der Waals surface area contributed by atoms with Gasteiger partial charge in [0.15, 0.2) is 11.5 Å². The summed E-state index contributed by atoms with van der Waals surface area (Å²) in [5.74, 6) is -2.99. The summed E-state index contributed by atoms with van der Waals surface area (Å²) in [6.45, 7) is -1.10. The average molecular weight is 541 g/mol. The molecule has 6 atom stereocenters. The van der Waals surface area contributed by atoms with Crippen molar-refractivity contribution in [2.24, 2.45) is 0 Å². The van der Waals surface area contributed by atoms with E-state index in [2.05, 4.69) is 40.7 Å². The third-order valence-corrected chi connectivity index (χ3v) is 8.32. The van der Waals surface area contributed by atoms with Crippen LogP contribution in [0, 0.1) is 0 Å². The van der Waals surface area contributed by atoms with Gasteiger partial charge in [0.2, 0.25) is 0 Å². The van der Waals surface area contributed by atoms with Crippen molar-refractivity contribution < 1.29 is 60.6 Å². The minimum Gasteiger partial charge on any atom is -0.389 e. The number of alkyl halides is 1. The number of hydrogen-bond acceptors (Lipinski definition) is 13. The SMILES string of the molecule is Nc1ncnc2c1ncn2[C@]1(F)O[C@H](COP(=O)(O)OP(=O)(O)OP(=O)(O)O)[C@@H](O)[C@H]1S. The molecule has 2 aromatic heterocycles. The van der Waals surface area contributed by atoms with E-state index in [-0.39, 0.29) is 17.0 Å². The number of aliphatic hydroxyl groups excluding tert-OH is 1. The van der Waals surface area contributed by atoms with Crippen LogP contribution in [0.3, 0.4) is 0 Å². The number of phosphoric ester groups is 1. The largest absolute Gasteiger partial charge is 0.490 e. The second kappa shape index (κ2) is 8.63. The first-order valence-corrected chi connectivity index (χ1v) is 13.0. The fourth-order valence-electron chi connectivity index (χ4n) is 2.64. The molecule has 22 heteroatoms. The normalized spacial score (nSPS) is 30.3. The highest BCUT2D eigenvalue weighted by Crippen LogP contribution is 2.66. The molecule has 1 aliphatic rings. The molecule has 0 aromatic carbocycles. The third-order valence-electron chi connectivity index (χ3n) is 3.89. The lowest BCUT2D eigenvalue weighted by Crippen LogP contribution is -2.38. The molecular weight excluding hydrogens is 526 g/mol. The summed E-state index contributed by atoms with van der Waals surface area (Å²) in [7, 11) is -16.9. The second-order valence-corrected chi connectivity index (χ2v) is 11.1. The van der Waals surface area contributed by atoms with Crippen LogP contribution in [0.25, 0.3) is 11.2 Å². The van der Waals surface area contributed by atoms with Gasteiger partial charge in [0.25, 0.3) is 0 Å². The number of aliphatic hydroxyl groups is 1. The number of thiol groups is 1. The summed E-state index contributed by atoms with van der Waals surface area (Å²) < 4.78 is 66.7. The van der Waals surface area contributed by atoms with Gasteiger partial charge in [-0.25, -0.2) is 28.6 Å². The number of halogens is 1. The van der Waals surface area contributed by atoms with E-state index in [4.69, 9.17) is 25.2 Å². The summed E-state index contributed by atoms with van der Waals surface area (Å²) in [5.41, 5.74) is 5.52. The number of phosphoric acid groups is 3. The van der Waals surface area contributed by atoms with Crippen LogP contribution >= 0.6 is 36.1 Å². The highest BCUT2D eigenvalue weighted by atomic mass is 32.1. The van der Waals surface area contributed by atoms with Gasteiger partial charge in [0.1, 0.15) is 35.6 Å². The number of imidazole rings is 1. The van der Waals surface area contributed by atoms with Crippen LogP contribution in [0.1, 0.15) is 0 Å². The maximum absolute atomic E-state index is 15.7. The molecule has 7 N–H and O–H groups in total. The molecule has 0 saturated carbocycles. The number of nitrogens with two attached hydrogens (primary N) is 1. The fourth-order valence-corrected chi connectivity index (χ4v) is 6.05. The van der Waals surface area contributed by atoms with Crippen molar-refractivity contribution in [3.63, 3.8) is 0 Å². The molecule has 0 aliphatic carbocycles. The van der Waals surface area contributed by atoms with Crippen LogP contribution in [0.5, 0.6) is 0 Å². The van der Waals surface area contributed by atoms with Crippen LogP contribution in [0.15, 0.2) is 12.7 Å². The Morgan fingerprint density at radius 3 is 2.47 bits per heavy atom. The number of hydrogen-bond donors (Lipinski definition) is 7. The molecule has 2 unspecified atom stereocenters. The lowest BCUT2D eigenvalue weighted by molar-refractivity contribution is -0.197. The number of nitrogen functional groups attached to an aromatic ring is 1. The monoisotopic (exact) mass is 541 g/mol. The standard InChI is InChI=1S/C10H15FN5O12P3S/c11-10(16-3-15-5-8(12)13-2-14-9(5)16)7(32)6(17)4(26-10)1-25-30(21,22)28-31(23,24)27-29(18,19)20/h2-4,6-7,17,32H,1H2,(H,21,22)(H,23,24)(H2,12,13,14)(H2,18,19,20)/t4-,6-,7-,10+/m1/s1. The molecule has 0 radical (unpaired) electrons.